The van der Waals surface area contributed by atoms with E-state index in [2.05, 4.69) is 31.0 Å². The average Bonchev–Trinajstić information content (AvgIpc) is 2.57. The second-order valence-corrected chi connectivity index (χ2v) is 7.57. The maximum absolute atomic E-state index is 10.6. The van der Waals surface area contributed by atoms with E-state index < -0.39 is 0 Å². The van der Waals surface area contributed by atoms with Crippen molar-refractivity contribution in [3.05, 3.63) is 35.4 Å². The van der Waals surface area contributed by atoms with Crippen LogP contribution in [0.4, 0.5) is 0 Å². The van der Waals surface area contributed by atoms with Crippen LogP contribution in [0.1, 0.15) is 37.3 Å². The summed E-state index contributed by atoms with van der Waals surface area (Å²) in [5, 5.41) is 20.7. The Balaban J connectivity index is 1.98. The molecule has 3 nitrogen and oxygen atoms in total. The van der Waals surface area contributed by atoms with Crippen molar-refractivity contribution in [1.82, 2.24) is 4.90 Å². The topological polar surface area (TPSA) is 43.7 Å². The van der Waals surface area contributed by atoms with Crippen LogP contribution in [-0.4, -0.2) is 34.7 Å². The van der Waals surface area contributed by atoms with Gasteiger partial charge in [0, 0.05) is 29.5 Å². The van der Waals surface area contributed by atoms with Crippen molar-refractivity contribution in [2.75, 3.05) is 13.6 Å². The summed E-state index contributed by atoms with van der Waals surface area (Å²) in [7, 11) is 2.23. The molecule has 2 N–H and O–H groups in total. The Labute approximate surface area is 132 Å². The summed E-state index contributed by atoms with van der Waals surface area (Å²) < 4.78 is 0. The van der Waals surface area contributed by atoms with Gasteiger partial charge in [-0.2, -0.15) is 0 Å². The molecule has 1 aliphatic heterocycles. The van der Waals surface area contributed by atoms with Crippen molar-refractivity contribution in [3.8, 4) is 11.5 Å². The molecule has 0 amide bonds. The van der Waals surface area contributed by atoms with E-state index >= 15 is 0 Å². The van der Waals surface area contributed by atoms with Crippen LogP contribution in [-0.2, 0) is 11.8 Å². The third kappa shape index (κ3) is 1.78. The molecular weight excluding hydrogens is 274 g/mol. The summed E-state index contributed by atoms with van der Waals surface area (Å²) in [5.74, 6) is 1.21. The zero-order valence-electron chi connectivity index (χ0n) is 13.4. The Morgan fingerprint density at radius 2 is 2.09 bits per heavy atom. The molecule has 1 aromatic rings. The number of rotatable bonds is 0. The fraction of sp³-hybridized carbons (Fsp3) is 0.579. The molecule has 0 radical (unpaired) electrons. The molecule has 118 valence electrons. The minimum absolute atomic E-state index is 0.0139. The molecule has 2 aliphatic carbocycles. The van der Waals surface area contributed by atoms with Gasteiger partial charge in [-0.05, 0) is 57.2 Å². The van der Waals surface area contributed by atoms with Gasteiger partial charge in [-0.15, -0.1) is 0 Å². The molecule has 1 heterocycles. The number of aromatic hydroxyl groups is 2. The van der Waals surface area contributed by atoms with Gasteiger partial charge in [0.1, 0.15) is 0 Å². The van der Waals surface area contributed by atoms with Gasteiger partial charge in [-0.3, -0.25) is 0 Å². The smallest absolute Gasteiger partial charge is 0.161 e. The second-order valence-electron chi connectivity index (χ2n) is 7.57. The Morgan fingerprint density at radius 3 is 2.91 bits per heavy atom. The minimum Gasteiger partial charge on any atom is -0.504 e. The van der Waals surface area contributed by atoms with Crippen LogP contribution >= 0.6 is 0 Å². The van der Waals surface area contributed by atoms with E-state index in [0.717, 1.165) is 37.8 Å². The summed E-state index contributed by atoms with van der Waals surface area (Å²) in [6.45, 7) is 3.43. The molecule has 3 aliphatic rings. The third-order valence-electron chi connectivity index (χ3n) is 6.40. The number of phenolic OH excluding ortho intramolecular Hbond substituents is 2. The Hall–Kier alpha value is -1.48. The van der Waals surface area contributed by atoms with Crippen LogP contribution in [0, 0.1) is 11.8 Å². The second kappa shape index (κ2) is 4.76. The van der Waals surface area contributed by atoms with Gasteiger partial charge in [0.05, 0.1) is 0 Å². The van der Waals surface area contributed by atoms with Crippen molar-refractivity contribution in [2.24, 2.45) is 11.8 Å². The van der Waals surface area contributed by atoms with Gasteiger partial charge in [0.25, 0.3) is 0 Å². The number of fused-ring (bicyclic) bond motifs is 2. The van der Waals surface area contributed by atoms with Crippen molar-refractivity contribution in [3.63, 3.8) is 0 Å². The van der Waals surface area contributed by atoms with Crippen LogP contribution in [0.2, 0.25) is 0 Å². The summed E-state index contributed by atoms with van der Waals surface area (Å²) >= 11 is 0. The fourth-order valence-corrected chi connectivity index (χ4v) is 5.41. The highest BCUT2D eigenvalue weighted by Gasteiger charge is 2.52. The Bertz CT molecular complexity index is 639. The van der Waals surface area contributed by atoms with Crippen LogP contribution in [0.5, 0.6) is 11.5 Å². The van der Waals surface area contributed by atoms with E-state index in [9.17, 15) is 10.2 Å². The first-order chi connectivity index (χ1) is 10.5. The van der Waals surface area contributed by atoms with E-state index in [1.165, 1.54) is 5.56 Å². The van der Waals surface area contributed by atoms with Gasteiger partial charge in [-0.1, -0.05) is 18.2 Å². The van der Waals surface area contributed by atoms with E-state index in [1.807, 2.05) is 6.07 Å². The number of nitrogens with zero attached hydrogens (tertiary/aromatic N) is 1. The van der Waals surface area contributed by atoms with Crippen LogP contribution in [0.15, 0.2) is 24.3 Å². The van der Waals surface area contributed by atoms with Gasteiger partial charge < -0.3 is 15.1 Å². The summed E-state index contributed by atoms with van der Waals surface area (Å²) in [4.78, 5) is 2.48. The van der Waals surface area contributed by atoms with E-state index in [0.29, 0.717) is 17.9 Å². The lowest BCUT2D eigenvalue weighted by Crippen LogP contribution is -2.46. The van der Waals surface area contributed by atoms with Gasteiger partial charge in [0.2, 0.25) is 0 Å². The molecule has 22 heavy (non-hydrogen) atoms. The van der Waals surface area contributed by atoms with Crippen LogP contribution in [0.25, 0.3) is 0 Å². The molecule has 1 saturated heterocycles. The highest BCUT2D eigenvalue weighted by molar-refractivity contribution is 5.55. The molecule has 4 atom stereocenters. The molecule has 2 bridgehead atoms. The Kier molecular flexibility index (Phi) is 3.06. The predicted octanol–water partition coefficient (Wildman–Crippen LogP) is 3.20. The highest BCUT2D eigenvalue weighted by Crippen LogP contribution is 2.57. The van der Waals surface area contributed by atoms with Gasteiger partial charge in [-0.25, -0.2) is 0 Å². The quantitative estimate of drug-likeness (QED) is 0.571. The van der Waals surface area contributed by atoms with E-state index in [-0.39, 0.29) is 16.9 Å². The van der Waals surface area contributed by atoms with E-state index in [1.54, 1.807) is 6.07 Å². The number of hydrogen-bond acceptors (Lipinski definition) is 3. The molecule has 1 spiro atoms. The van der Waals surface area contributed by atoms with Gasteiger partial charge >= 0.3 is 0 Å². The zero-order chi connectivity index (χ0) is 15.5. The van der Waals surface area contributed by atoms with Crippen molar-refractivity contribution in [1.29, 1.82) is 0 Å². The predicted molar refractivity (Wildman–Crippen MR) is 87.2 cm³/mol. The number of benzene rings is 1. The summed E-state index contributed by atoms with van der Waals surface area (Å²) in [6.07, 6.45) is 8.94. The first-order valence-electron chi connectivity index (χ1n) is 8.44. The number of phenols is 2. The summed E-state index contributed by atoms with van der Waals surface area (Å²) in [5.41, 5.74) is 2.27. The van der Waals surface area contributed by atoms with Gasteiger partial charge in [0.15, 0.2) is 11.5 Å². The molecule has 4 rings (SSSR count). The lowest BCUT2D eigenvalue weighted by Gasteiger charge is -2.48. The van der Waals surface area contributed by atoms with Crippen molar-refractivity contribution in [2.45, 2.75) is 44.1 Å². The lowest BCUT2D eigenvalue weighted by molar-refractivity contribution is 0.169. The van der Waals surface area contributed by atoms with E-state index in [4.69, 9.17) is 0 Å². The van der Waals surface area contributed by atoms with Crippen molar-refractivity contribution >= 4 is 0 Å². The molecule has 0 saturated carbocycles. The summed E-state index contributed by atoms with van der Waals surface area (Å²) in [6, 6.07) is 4.14. The molecule has 1 unspecified atom stereocenters. The molecular formula is C19H25NO2. The lowest BCUT2D eigenvalue weighted by atomic mass is 9.56. The third-order valence-corrected chi connectivity index (χ3v) is 6.40. The molecule has 0 aromatic heterocycles. The largest absolute Gasteiger partial charge is 0.504 e. The first kappa shape index (κ1) is 14.1. The number of allylic oxidation sites excluding steroid dienone is 1. The normalized spacial score (nSPS) is 37.3. The Morgan fingerprint density at radius 1 is 1.27 bits per heavy atom. The van der Waals surface area contributed by atoms with Crippen molar-refractivity contribution < 1.29 is 10.2 Å². The number of hydrogen-bond donors (Lipinski definition) is 2. The maximum Gasteiger partial charge on any atom is 0.161 e. The standard InChI is InChI=1S/C19H25NO2/c1-12-15-5-3-4-8-19(15)10-13(11-20(12)2)9-14-6-7-16(21)18(22)17(14)19/h3,5-7,12-13,15,21-22H,4,8-11H2,1-2H3/t12-,13-,15+,19?/m1/s1. The first-order valence-corrected chi connectivity index (χ1v) is 8.44. The minimum atomic E-state index is -0.0139. The van der Waals surface area contributed by atoms with Crippen LogP contribution < -0.4 is 0 Å². The average molecular weight is 299 g/mol. The van der Waals surface area contributed by atoms with Crippen LogP contribution in [0.3, 0.4) is 0 Å². The molecule has 3 heteroatoms. The number of likely N-dealkylation sites (tertiary alicyclic amines) is 1. The molecule has 1 aromatic carbocycles. The maximum atomic E-state index is 10.6. The SMILES string of the molecule is C[C@@H]1[C@@H]2C=CCCC23C[C@@H](Cc2ccc(O)c(O)c23)CN1C. The monoisotopic (exact) mass is 299 g/mol. The fourth-order valence-electron chi connectivity index (χ4n) is 5.41. The highest BCUT2D eigenvalue weighted by atomic mass is 16.3. The zero-order valence-corrected chi connectivity index (χ0v) is 13.4. The molecule has 1 fully saturated rings.